The molecule has 0 atom stereocenters. The van der Waals surface area contributed by atoms with Gasteiger partial charge >= 0.3 is 17.8 Å². The number of carbonyl (C=O) groups excluding carboxylic acids is 3. The Morgan fingerprint density at radius 2 is 1.79 bits per heavy atom. The molecule has 28 heavy (non-hydrogen) atoms. The van der Waals surface area contributed by atoms with Crippen LogP contribution in [-0.4, -0.2) is 57.3 Å². The van der Waals surface area contributed by atoms with Gasteiger partial charge in [0.25, 0.3) is 0 Å². The molecule has 9 nitrogen and oxygen atoms in total. The summed E-state index contributed by atoms with van der Waals surface area (Å²) in [5, 5.41) is 7.60. The SMILES string of the molecule is CCOC(=O)C1CCN(C(=O)C(=O)NCCc2ccc(S(N)(=O)=O)cc2)CC1. The molecule has 1 fully saturated rings. The number of nitrogens with two attached hydrogens (primary N) is 1. The van der Waals surface area contributed by atoms with Gasteiger partial charge in [-0.3, -0.25) is 14.4 Å². The van der Waals surface area contributed by atoms with Crippen LogP contribution in [0.1, 0.15) is 25.3 Å². The quantitative estimate of drug-likeness (QED) is 0.491. The Morgan fingerprint density at radius 3 is 2.32 bits per heavy atom. The molecule has 3 N–H and O–H groups in total. The van der Waals surface area contributed by atoms with E-state index in [4.69, 9.17) is 9.88 Å². The number of likely N-dealkylation sites (tertiary alicyclic amines) is 1. The summed E-state index contributed by atoms with van der Waals surface area (Å²) >= 11 is 0. The highest BCUT2D eigenvalue weighted by atomic mass is 32.2. The zero-order chi connectivity index (χ0) is 20.7. The maximum Gasteiger partial charge on any atom is 0.311 e. The second-order valence-corrected chi connectivity index (χ2v) is 8.07. The molecule has 0 bridgehead atoms. The molecule has 2 amide bonds. The molecule has 1 saturated heterocycles. The lowest BCUT2D eigenvalue weighted by Gasteiger charge is -2.30. The van der Waals surface area contributed by atoms with E-state index in [0.29, 0.717) is 39.0 Å². The van der Waals surface area contributed by atoms with Gasteiger partial charge in [-0.05, 0) is 43.9 Å². The highest BCUT2D eigenvalue weighted by Crippen LogP contribution is 2.18. The third kappa shape index (κ3) is 6.03. The summed E-state index contributed by atoms with van der Waals surface area (Å²) in [6, 6.07) is 6.00. The van der Waals surface area contributed by atoms with Crippen LogP contribution in [0.5, 0.6) is 0 Å². The molecule has 0 spiro atoms. The second kappa shape index (κ2) is 9.65. The first-order valence-electron chi connectivity index (χ1n) is 9.08. The number of hydrogen-bond acceptors (Lipinski definition) is 6. The molecule has 0 radical (unpaired) electrons. The minimum Gasteiger partial charge on any atom is -0.466 e. The van der Waals surface area contributed by atoms with Crippen molar-refractivity contribution < 1.29 is 27.5 Å². The van der Waals surface area contributed by atoms with Gasteiger partial charge in [0.15, 0.2) is 0 Å². The van der Waals surface area contributed by atoms with E-state index in [0.717, 1.165) is 5.56 Å². The molecule has 0 saturated carbocycles. The van der Waals surface area contributed by atoms with Crippen molar-refractivity contribution in [3.63, 3.8) is 0 Å². The summed E-state index contributed by atoms with van der Waals surface area (Å²) in [5.74, 6) is -1.80. The van der Waals surface area contributed by atoms with Crippen LogP contribution >= 0.6 is 0 Å². The number of hydrogen-bond donors (Lipinski definition) is 2. The van der Waals surface area contributed by atoms with Crippen molar-refractivity contribution in [1.82, 2.24) is 10.2 Å². The normalized spacial score (nSPS) is 15.1. The van der Waals surface area contributed by atoms with Crippen LogP contribution < -0.4 is 10.5 Å². The topological polar surface area (TPSA) is 136 Å². The van der Waals surface area contributed by atoms with Gasteiger partial charge in [0.2, 0.25) is 10.0 Å². The number of benzene rings is 1. The van der Waals surface area contributed by atoms with E-state index < -0.39 is 21.8 Å². The second-order valence-electron chi connectivity index (χ2n) is 6.51. The van der Waals surface area contributed by atoms with E-state index in [1.54, 1.807) is 19.1 Å². The zero-order valence-electron chi connectivity index (χ0n) is 15.7. The number of amides is 2. The molecule has 1 aliphatic rings. The summed E-state index contributed by atoms with van der Waals surface area (Å²) < 4.78 is 27.4. The molecule has 1 aliphatic heterocycles. The number of piperidine rings is 1. The van der Waals surface area contributed by atoms with E-state index in [1.165, 1.54) is 17.0 Å². The van der Waals surface area contributed by atoms with Gasteiger partial charge in [0.1, 0.15) is 0 Å². The first-order chi connectivity index (χ1) is 13.2. The van der Waals surface area contributed by atoms with Crippen LogP contribution in [0.15, 0.2) is 29.2 Å². The molecular formula is C18H25N3O6S. The largest absolute Gasteiger partial charge is 0.466 e. The van der Waals surface area contributed by atoms with Crippen molar-refractivity contribution in [3.05, 3.63) is 29.8 Å². The molecule has 1 aromatic rings. The fourth-order valence-electron chi connectivity index (χ4n) is 2.96. The fraction of sp³-hybridized carbons (Fsp3) is 0.500. The van der Waals surface area contributed by atoms with Gasteiger partial charge in [-0.25, -0.2) is 13.6 Å². The molecule has 10 heteroatoms. The first-order valence-corrected chi connectivity index (χ1v) is 10.6. The highest BCUT2D eigenvalue weighted by molar-refractivity contribution is 7.89. The van der Waals surface area contributed by atoms with Crippen molar-refractivity contribution in [2.24, 2.45) is 11.1 Å². The van der Waals surface area contributed by atoms with Crippen LogP contribution in [0.25, 0.3) is 0 Å². The van der Waals surface area contributed by atoms with E-state index in [9.17, 15) is 22.8 Å². The summed E-state index contributed by atoms with van der Waals surface area (Å²) in [6.45, 7) is 2.98. The summed E-state index contributed by atoms with van der Waals surface area (Å²) in [5.41, 5.74) is 0.801. The van der Waals surface area contributed by atoms with Gasteiger partial charge in [-0.2, -0.15) is 0 Å². The average molecular weight is 411 g/mol. The third-order valence-electron chi connectivity index (χ3n) is 4.55. The molecule has 0 unspecified atom stereocenters. The highest BCUT2D eigenvalue weighted by Gasteiger charge is 2.30. The van der Waals surface area contributed by atoms with Crippen molar-refractivity contribution in [2.45, 2.75) is 31.1 Å². The van der Waals surface area contributed by atoms with Gasteiger partial charge < -0.3 is 15.0 Å². The van der Waals surface area contributed by atoms with Crippen LogP contribution in [0.2, 0.25) is 0 Å². The summed E-state index contributed by atoms with van der Waals surface area (Å²) in [6.07, 6.45) is 1.40. The van der Waals surface area contributed by atoms with Crippen molar-refractivity contribution in [2.75, 3.05) is 26.2 Å². The minimum absolute atomic E-state index is 0.0154. The number of nitrogens with zero attached hydrogens (tertiary/aromatic N) is 1. The predicted octanol–water partition coefficient (Wildman–Crippen LogP) is -0.206. The van der Waals surface area contributed by atoms with E-state index >= 15 is 0 Å². The van der Waals surface area contributed by atoms with E-state index in [-0.39, 0.29) is 23.3 Å². The lowest BCUT2D eigenvalue weighted by molar-refractivity contribution is -0.152. The zero-order valence-corrected chi connectivity index (χ0v) is 16.5. The van der Waals surface area contributed by atoms with Gasteiger partial charge in [-0.15, -0.1) is 0 Å². The molecule has 2 rings (SSSR count). The van der Waals surface area contributed by atoms with E-state index in [2.05, 4.69) is 5.32 Å². The average Bonchev–Trinajstić information content (AvgIpc) is 2.67. The molecule has 1 aromatic carbocycles. The molecule has 0 aliphatic carbocycles. The van der Waals surface area contributed by atoms with Crippen LogP contribution in [0.3, 0.4) is 0 Å². The number of ether oxygens (including phenoxy) is 1. The molecule has 0 aromatic heterocycles. The Bertz CT molecular complexity index is 814. The lowest BCUT2D eigenvalue weighted by atomic mass is 9.97. The van der Waals surface area contributed by atoms with E-state index in [1.807, 2.05) is 0 Å². The van der Waals surface area contributed by atoms with Crippen LogP contribution in [0, 0.1) is 5.92 Å². The standard InChI is InChI=1S/C18H25N3O6S/c1-2-27-18(24)14-8-11-21(12-9-14)17(23)16(22)20-10-7-13-3-5-15(6-4-13)28(19,25)26/h3-6,14H,2,7-12H2,1H3,(H,20,22)(H2,19,25,26). The Morgan fingerprint density at radius 1 is 1.18 bits per heavy atom. The van der Waals surface area contributed by atoms with Crippen LogP contribution in [-0.2, 0) is 35.6 Å². The smallest absolute Gasteiger partial charge is 0.311 e. The fourth-order valence-corrected chi connectivity index (χ4v) is 3.48. The Balaban J connectivity index is 1.76. The third-order valence-corrected chi connectivity index (χ3v) is 5.48. The lowest BCUT2D eigenvalue weighted by Crippen LogP contribution is -2.47. The van der Waals surface area contributed by atoms with Crippen molar-refractivity contribution in [1.29, 1.82) is 0 Å². The van der Waals surface area contributed by atoms with Gasteiger partial charge in [0, 0.05) is 19.6 Å². The Hall–Kier alpha value is -2.46. The summed E-state index contributed by atoms with van der Waals surface area (Å²) in [7, 11) is -3.74. The number of nitrogens with one attached hydrogen (secondary N) is 1. The number of esters is 1. The first kappa shape index (κ1) is 21.8. The Labute approximate surface area is 164 Å². The number of primary sulfonamides is 1. The number of sulfonamides is 1. The van der Waals surface area contributed by atoms with Crippen molar-refractivity contribution >= 4 is 27.8 Å². The molecular weight excluding hydrogens is 386 g/mol. The predicted molar refractivity (Wildman–Crippen MR) is 100 cm³/mol. The number of carbonyl (C=O) groups is 3. The van der Waals surface area contributed by atoms with Gasteiger partial charge in [0.05, 0.1) is 17.4 Å². The summed E-state index contributed by atoms with van der Waals surface area (Å²) in [4.78, 5) is 37.4. The molecule has 154 valence electrons. The van der Waals surface area contributed by atoms with Crippen LogP contribution in [0.4, 0.5) is 0 Å². The van der Waals surface area contributed by atoms with Gasteiger partial charge in [-0.1, -0.05) is 12.1 Å². The number of rotatable bonds is 6. The Kier molecular flexibility index (Phi) is 7.53. The maximum atomic E-state index is 12.2. The minimum atomic E-state index is -3.74. The maximum absolute atomic E-state index is 12.2. The monoisotopic (exact) mass is 411 g/mol. The van der Waals surface area contributed by atoms with Crippen molar-refractivity contribution in [3.8, 4) is 0 Å². The molecule has 1 heterocycles.